The van der Waals surface area contributed by atoms with Gasteiger partial charge in [0.15, 0.2) is 11.0 Å². The van der Waals surface area contributed by atoms with Crippen molar-refractivity contribution in [1.29, 1.82) is 0 Å². The minimum absolute atomic E-state index is 0.0835. The molecule has 0 aliphatic heterocycles. The molecule has 32 heavy (non-hydrogen) atoms. The van der Waals surface area contributed by atoms with E-state index in [0.29, 0.717) is 23.2 Å². The van der Waals surface area contributed by atoms with Crippen LogP contribution in [-0.2, 0) is 17.9 Å². The molecule has 0 saturated heterocycles. The highest BCUT2D eigenvalue weighted by atomic mass is 32.2. The first-order valence-electron chi connectivity index (χ1n) is 9.94. The van der Waals surface area contributed by atoms with Crippen LogP contribution in [0.2, 0.25) is 0 Å². The second-order valence-corrected chi connectivity index (χ2v) is 7.97. The average Bonchev–Trinajstić information content (AvgIpc) is 3.15. The lowest BCUT2D eigenvalue weighted by Crippen LogP contribution is -2.19. The number of nitrogens with two attached hydrogens (primary N) is 1. The number of amides is 2. The smallest absolute Gasteiger partial charge is 0.250 e. The topological polar surface area (TPSA) is 112 Å². The minimum Gasteiger partial charge on any atom is -0.485 e. The normalized spacial score (nSPS) is 10.6. The summed E-state index contributed by atoms with van der Waals surface area (Å²) in [7, 11) is 0. The van der Waals surface area contributed by atoms with Gasteiger partial charge in [0, 0.05) is 6.54 Å². The number of ether oxygens (including phenoxy) is 1. The molecule has 2 aromatic carbocycles. The fraction of sp³-hybridized carbons (Fsp3) is 0.217. The molecule has 3 N–H and O–H groups in total. The summed E-state index contributed by atoms with van der Waals surface area (Å²) in [5.74, 6) is 0.616. The van der Waals surface area contributed by atoms with Crippen molar-refractivity contribution in [3.8, 4) is 5.75 Å². The highest BCUT2D eigenvalue weighted by molar-refractivity contribution is 7.99. The third-order valence-electron chi connectivity index (χ3n) is 4.82. The Kier molecular flexibility index (Phi) is 7.67. The summed E-state index contributed by atoms with van der Waals surface area (Å²) in [6.07, 6.45) is 1.73. The van der Waals surface area contributed by atoms with E-state index in [-0.39, 0.29) is 23.8 Å². The van der Waals surface area contributed by atoms with Crippen molar-refractivity contribution in [2.45, 2.75) is 32.2 Å². The molecule has 0 atom stereocenters. The predicted octanol–water partition coefficient (Wildman–Crippen LogP) is 3.49. The second kappa shape index (κ2) is 10.6. The molecule has 0 aliphatic carbocycles. The van der Waals surface area contributed by atoms with Crippen LogP contribution in [0.5, 0.6) is 5.75 Å². The zero-order chi connectivity index (χ0) is 23.1. The van der Waals surface area contributed by atoms with Gasteiger partial charge in [0.05, 0.1) is 17.0 Å². The van der Waals surface area contributed by atoms with Crippen LogP contribution in [0.25, 0.3) is 0 Å². The number of primary amides is 1. The number of aromatic nitrogens is 3. The standard InChI is InChI=1S/C23H25N5O3S/c1-4-12-28-20(13-31-19-11-7-8-15(2)16(19)3)26-27-23(28)32-14-21(29)25-18-10-6-5-9-17(18)22(24)30/h4-11H,1,12-14H2,2-3H3,(H2,24,30)(H,25,29). The fourth-order valence-corrected chi connectivity index (χ4v) is 3.76. The Bertz CT molecular complexity index is 1140. The van der Waals surface area contributed by atoms with E-state index in [1.807, 2.05) is 36.6 Å². The Morgan fingerprint density at radius 1 is 1.19 bits per heavy atom. The highest BCUT2D eigenvalue weighted by Gasteiger charge is 2.16. The first kappa shape index (κ1) is 23.1. The maximum atomic E-state index is 12.4. The van der Waals surface area contributed by atoms with Crippen molar-refractivity contribution in [3.05, 3.63) is 77.6 Å². The molecule has 1 heterocycles. The van der Waals surface area contributed by atoms with E-state index in [2.05, 4.69) is 22.1 Å². The van der Waals surface area contributed by atoms with Gasteiger partial charge in [0.25, 0.3) is 5.91 Å². The molecule has 9 heteroatoms. The van der Waals surface area contributed by atoms with E-state index in [0.717, 1.165) is 16.9 Å². The van der Waals surface area contributed by atoms with Crippen LogP contribution in [0, 0.1) is 13.8 Å². The third-order valence-corrected chi connectivity index (χ3v) is 5.78. The number of carbonyl (C=O) groups excluding carboxylic acids is 2. The maximum absolute atomic E-state index is 12.4. The van der Waals surface area contributed by atoms with E-state index in [9.17, 15) is 9.59 Å². The molecule has 0 spiro atoms. The summed E-state index contributed by atoms with van der Waals surface area (Å²) in [5.41, 5.74) is 8.22. The number of rotatable bonds is 10. The molecule has 3 rings (SSSR count). The highest BCUT2D eigenvalue weighted by Crippen LogP contribution is 2.23. The molecule has 1 aromatic heterocycles. The SMILES string of the molecule is C=CCn1c(COc2cccc(C)c2C)nnc1SCC(=O)Nc1ccccc1C(N)=O. The Morgan fingerprint density at radius 3 is 2.72 bits per heavy atom. The first-order chi connectivity index (χ1) is 15.4. The van der Waals surface area contributed by atoms with Crippen LogP contribution >= 0.6 is 11.8 Å². The molecule has 166 valence electrons. The van der Waals surface area contributed by atoms with Crippen molar-refractivity contribution >= 4 is 29.3 Å². The second-order valence-electron chi connectivity index (χ2n) is 7.03. The molecule has 8 nitrogen and oxygen atoms in total. The summed E-state index contributed by atoms with van der Waals surface area (Å²) in [6.45, 7) is 8.55. The van der Waals surface area contributed by atoms with Crippen LogP contribution in [0.1, 0.15) is 27.3 Å². The number of benzene rings is 2. The van der Waals surface area contributed by atoms with Gasteiger partial charge in [0.2, 0.25) is 5.91 Å². The Morgan fingerprint density at radius 2 is 1.97 bits per heavy atom. The zero-order valence-electron chi connectivity index (χ0n) is 18.0. The van der Waals surface area contributed by atoms with Crippen LogP contribution < -0.4 is 15.8 Å². The van der Waals surface area contributed by atoms with E-state index >= 15 is 0 Å². The van der Waals surface area contributed by atoms with Gasteiger partial charge < -0.3 is 15.8 Å². The van der Waals surface area contributed by atoms with E-state index in [1.165, 1.54) is 11.8 Å². The third kappa shape index (κ3) is 5.55. The quantitative estimate of drug-likeness (QED) is 0.360. The van der Waals surface area contributed by atoms with Crippen LogP contribution in [0.3, 0.4) is 0 Å². The Labute approximate surface area is 190 Å². The van der Waals surface area contributed by atoms with Crippen molar-refractivity contribution in [3.63, 3.8) is 0 Å². The summed E-state index contributed by atoms with van der Waals surface area (Å²) in [4.78, 5) is 24.0. The van der Waals surface area contributed by atoms with Crippen molar-refractivity contribution < 1.29 is 14.3 Å². The van der Waals surface area contributed by atoms with E-state index in [1.54, 1.807) is 30.3 Å². The number of nitrogens with zero attached hydrogens (tertiary/aromatic N) is 3. The Balaban J connectivity index is 1.66. The molecule has 0 saturated carbocycles. The van der Waals surface area contributed by atoms with Crippen LogP contribution in [0.15, 0.2) is 60.3 Å². The van der Waals surface area contributed by atoms with Gasteiger partial charge in [-0.3, -0.25) is 14.2 Å². The Hall–Kier alpha value is -3.59. The molecule has 0 radical (unpaired) electrons. The largest absolute Gasteiger partial charge is 0.485 e. The molecule has 3 aromatic rings. The number of carbonyl (C=O) groups is 2. The number of hydrogen-bond acceptors (Lipinski definition) is 6. The molecular weight excluding hydrogens is 426 g/mol. The number of hydrogen-bond donors (Lipinski definition) is 2. The number of thioether (sulfide) groups is 1. The summed E-state index contributed by atoms with van der Waals surface area (Å²) >= 11 is 1.23. The van der Waals surface area contributed by atoms with Crippen molar-refractivity contribution in [2.75, 3.05) is 11.1 Å². The van der Waals surface area contributed by atoms with Crippen LogP contribution in [-0.4, -0.2) is 32.3 Å². The fourth-order valence-electron chi connectivity index (χ4n) is 2.99. The molecule has 2 amide bonds. The summed E-state index contributed by atoms with van der Waals surface area (Å²) < 4.78 is 7.81. The number of nitrogens with one attached hydrogen (secondary N) is 1. The number of para-hydroxylation sites is 1. The number of allylic oxidation sites excluding steroid dienone is 1. The number of aryl methyl sites for hydroxylation is 1. The molecule has 0 unspecified atom stereocenters. The predicted molar refractivity (Wildman–Crippen MR) is 125 cm³/mol. The lowest BCUT2D eigenvalue weighted by Gasteiger charge is -2.12. The van der Waals surface area contributed by atoms with Gasteiger partial charge in [-0.05, 0) is 43.2 Å². The van der Waals surface area contributed by atoms with Crippen molar-refractivity contribution in [1.82, 2.24) is 14.8 Å². The maximum Gasteiger partial charge on any atom is 0.250 e. The lowest BCUT2D eigenvalue weighted by atomic mass is 10.1. The lowest BCUT2D eigenvalue weighted by molar-refractivity contribution is -0.113. The van der Waals surface area contributed by atoms with Crippen LogP contribution in [0.4, 0.5) is 5.69 Å². The van der Waals surface area contributed by atoms with Gasteiger partial charge in [-0.2, -0.15) is 0 Å². The van der Waals surface area contributed by atoms with E-state index in [4.69, 9.17) is 10.5 Å². The molecule has 0 bridgehead atoms. The van der Waals surface area contributed by atoms with Gasteiger partial charge in [0.1, 0.15) is 12.4 Å². The molecule has 0 aliphatic rings. The van der Waals surface area contributed by atoms with Crippen molar-refractivity contribution in [2.24, 2.45) is 5.73 Å². The number of anilines is 1. The minimum atomic E-state index is -0.604. The zero-order valence-corrected chi connectivity index (χ0v) is 18.8. The summed E-state index contributed by atoms with van der Waals surface area (Å²) in [5, 5.41) is 11.7. The molecule has 0 fully saturated rings. The van der Waals surface area contributed by atoms with Gasteiger partial charge in [-0.1, -0.05) is 42.1 Å². The first-order valence-corrected chi connectivity index (χ1v) is 10.9. The average molecular weight is 452 g/mol. The van der Waals surface area contributed by atoms with Gasteiger partial charge in [-0.25, -0.2) is 0 Å². The van der Waals surface area contributed by atoms with E-state index < -0.39 is 5.91 Å². The van der Waals surface area contributed by atoms with Gasteiger partial charge >= 0.3 is 0 Å². The monoisotopic (exact) mass is 451 g/mol. The molecular formula is C23H25N5O3S. The van der Waals surface area contributed by atoms with Gasteiger partial charge in [-0.15, -0.1) is 16.8 Å². The summed E-state index contributed by atoms with van der Waals surface area (Å²) in [6, 6.07) is 12.5.